The molecule has 0 atom stereocenters. The first-order valence-electron chi connectivity index (χ1n) is 6.78. The van der Waals surface area contributed by atoms with Gasteiger partial charge in [0, 0.05) is 5.56 Å². The monoisotopic (exact) mass is 334 g/mol. The number of nitrogens with zero attached hydrogens (tertiary/aromatic N) is 1. The summed E-state index contributed by atoms with van der Waals surface area (Å²) in [6.07, 6.45) is 1.52. The van der Waals surface area contributed by atoms with Gasteiger partial charge < -0.3 is 14.2 Å². The average Bonchev–Trinajstić information content (AvgIpc) is 2.99. The molecule has 23 heavy (non-hydrogen) atoms. The van der Waals surface area contributed by atoms with Crippen molar-refractivity contribution in [3.63, 3.8) is 0 Å². The van der Waals surface area contributed by atoms with E-state index in [0.717, 1.165) is 5.56 Å². The number of ether oxygens (including phenoxy) is 3. The molecule has 2 rings (SSSR count). The first kappa shape index (κ1) is 16.8. The molecular formula is C16H18N2O4S. The highest BCUT2D eigenvalue weighted by atomic mass is 32.1. The third kappa shape index (κ3) is 3.81. The summed E-state index contributed by atoms with van der Waals surface area (Å²) in [4.78, 5) is 12.6. The molecule has 0 fully saturated rings. The van der Waals surface area contributed by atoms with Crippen LogP contribution >= 0.6 is 11.3 Å². The molecule has 7 heteroatoms. The van der Waals surface area contributed by atoms with Gasteiger partial charge in [-0.2, -0.15) is 5.10 Å². The highest BCUT2D eigenvalue weighted by Gasteiger charge is 2.12. The van der Waals surface area contributed by atoms with Crippen LogP contribution < -0.4 is 19.6 Å². The Balaban J connectivity index is 2.16. The average molecular weight is 334 g/mol. The molecule has 1 aromatic carbocycles. The fourth-order valence-corrected chi connectivity index (χ4v) is 2.81. The number of hydrogen-bond donors (Lipinski definition) is 1. The topological polar surface area (TPSA) is 69.2 Å². The summed E-state index contributed by atoms with van der Waals surface area (Å²) in [6, 6.07) is 5.38. The van der Waals surface area contributed by atoms with Gasteiger partial charge in [-0.15, -0.1) is 11.3 Å². The van der Waals surface area contributed by atoms with Gasteiger partial charge in [0.2, 0.25) is 5.75 Å². The summed E-state index contributed by atoms with van der Waals surface area (Å²) in [6.45, 7) is 1.88. The molecule has 0 radical (unpaired) electrons. The van der Waals surface area contributed by atoms with E-state index in [0.29, 0.717) is 27.7 Å². The Morgan fingerprint density at radius 3 is 2.30 bits per heavy atom. The molecular weight excluding hydrogens is 316 g/mol. The highest BCUT2D eigenvalue weighted by Crippen LogP contribution is 2.37. The summed E-state index contributed by atoms with van der Waals surface area (Å²) in [5.41, 5.74) is 4.14. The summed E-state index contributed by atoms with van der Waals surface area (Å²) in [5, 5.41) is 5.84. The predicted molar refractivity (Wildman–Crippen MR) is 90.2 cm³/mol. The van der Waals surface area contributed by atoms with Crippen molar-refractivity contribution in [2.75, 3.05) is 21.3 Å². The zero-order valence-corrected chi connectivity index (χ0v) is 14.2. The van der Waals surface area contributed by atoms with Gasteiger partial charge in [-0.3, -0.25) is 4.79 Å². The molecule has 0 spiro atoms. The lowest BCUT2D eigenvalue weighted by atomic mass is 10.2. The zero-order chi connectivity index (χ0) is 16.8. The van der Waals surface area contributed by atoms with Crippen LogP contribution in [0.3, 0.4) is 0 Å². The number of carbonyl (C=O) groups is 1. The molecule has 1 amide bonds. The number of methoxy groups -OCH3 is 3. The van der Waals surface area contributed by atoms with Crippen LogP contribution in [0.4, 0.5) is 0 Å². The van der Waals surface area contributed by atoms with Crippen LogP contribution in [-0.4, -0.2) is 33.5 Å². The Labute approximate surface area is 138 Å². The number of carbonyl (C=O) groups excluding carboxylic acids is 1. The maximum atomic E-state index is 12.0. The van der Waals surface area contributed by atoms with Crippen LogP contribution in [0.15, 0.2) is 28.7 Å². The quantitative estimate of drug-likeness (QED) is 0.651. The number of nitrogens with one attached hydrogen (secondary N) is 1. The van der Waals surface area contributed by atoms with E-state index < -0.39 is 0 Å². The van der Waals surface area contributed by atoms with Crippen molar-refractivity contribution in [1.82, 2.24) is 5.43 Å². The van der Waals surface area contributed by atoms with Crippen molar-refractivity contribution in [2.24, 2.45) is 5.10 Å². The molecule has 1 aromatic heterocycles. The number of hydrogen-bond acceptors (Lipinski definition) is 6. The van der Waals surface area contributed by atoms with E-state index in [-0.39, 0.29) is 5.91 Å². The maximum absolute atomic E-state index is 12.0. The lowest BCUT2D eigenvalue weighted by Crippen LogP contribution is -2.17. The summed E-state index contributed by atoms with van der Waals surface area (Å²) >= 11 is 1.38. The molecule has 0 bridgehead atoms. The predicted octanol–water partition coefficient (Wildman–Crippen LogP) is 2.85. The maximum Gasteiger partial charge on any atom is 0.281 e. The Kier molecular flexibility index (Phi) is 5.59. The molecule has 0 aliphatic rings. The molecule has 1 heterocycles. The lowest BCUT2D eigenvalue weighted by molar-refractivity contribution is 0.0958. The van der Waals surface area contributed by atoms with Crippen LogP contribution in [-0.2, 0) is 0 Å². The Morgan fingerprint density at radius 2 is 1.83 bits per heavy atom. The minimum Gasteiger partial charge on any atom is -0.493 e. The number of rotatable bonds is 6. The highest BCUT2D eigenvalue weighted by molar-refractivity contribution is 7.12. The molecule has 0 aliphatic heterocycles. The van der Waals surface area contributed by atoms with E-state index in [1.165, 1.54) is 24.7 Å². The van der Waals surface area contributed by atoms with Crippen molar-refractivity contribution in [3.05, 3.63) is 39.6 Å². The Morgan fingerprint density at radius 1 is 1.17 bits per heavy atom. The minimum atomic E-state index is -0.235. The van der Waals surface area contributed by atoms with Crippen LogP contribution in [0.25, 0.3) is 0 Å². The molecule has 0 aliphatic carbocycles. The molecule has 0 saturated carbocycles. The van der Waals surface area contributed by atoms with Gasteiger partial charge >= 0.3 is 0 Å². The van der Waals surface area contributed by atoms with Gasteiger partial charge in [0.25, 0.3) is 5.91 Å². The van der Waals surface area contributed by atoms with Crippen molar-refractivity contribution >= 4 is 23.5 Å². The third-order valence-electron chi connectivity index (χ3n) is 3.14. The standard InChI is InChI=1S/C16H18N2O4S/c1-10-5-6-23-15(10)16(19)18-17-9-11-7-12(20-2)14(22-4)13(8-11)21-3/h5-9H,1-4H3,(H,18,19). The minimum absolute atomic E-state index is 0.235. The number of hydrazone groups is 1. The largest absolute Gasteiger partial charge is 0.493 e. The zero-order valence-electron chi connectivity index (χ0n) is 13.4. The van der Waals surface area contributed by atoms with Crippen LogP contribution in [0.2, 0.25) is 0 Å². The van der Waals surface area contributed by atoms with Gasteiger partial charge in [0.05, 0.1) is 32.4 Å². The summed E-state index contributed by atoms with van der Waals surface area (Å²) < 4.78 is 15.8. The normalized spacial score (nSPS) is 10.6. The summed E-state index contributed by atoms with van der Waals surface area (Å²) in [7, 11) is 4.62. The Bertz CT molecular complexity index is 700. The first-order valence-corrected chi connectivity index (χ1v) is 7.66. The van der Waals surface area contributed by atoms with E-state index in [1.807, 2.05) is 18.4 Å². The lowest BCUT2D eigenvalue weighted by Gasteiger charge is -2.12. The second-order valence-corrected chi connectivity index (χ2v) is 5.51. The smallest absolute Gasteiger partial charge is 0.281 e. The summed E-state index contributed by atoms with van der Waals surface area (Å²) in [5.74, 6) is 1.31. The van der Waals surface area contributed by atoms with Crippen LogP contribution in [0, 0.1) is 6.92 Å². The number of benzene rings is 1. The third-order valence-corrected chi connectivity index (χ3v) is 4.15. The molecule has 0 saturated heterocycles. The SMILES string of the molecule is COc1cc(C=NNC(=O)c2sccc2C)cc(OC)c1OC. The number of thiophene rings is 1. The first-order chi connectivity index (χ1) is 11.1. The second kappa shape index (κ2) is 7.64. The van der Waals surface area contributed by atoms with Gasteiger partial charge in [-0.25, -0.2) is 5.43 Å². The van der Waals surface area contributed by atoms with E-state index >= 15 is 0 Å². The van der Waals surface area contributed by atoms with Gasteiger partial charge in [0.15, 0.2) is 11.5 Å². The molecule has 1 N–H and O–H groups in total. The fourth-order valence-electron chi connectivity index (χ4n) is 2.00. The van der Waals surface area contributed by atoms with E-state index in [9.17, 15) is 4.79 Å². The van der Waals surface area contributed by atoms with Crippen molar-refractivity contribution < 1.29 is 19.0 Å². The van der Waals surface area contributed by atoms with Crippen LogP contribution in [0.1, 0.15) is 20.8 Å². The Hall–Kier alpha value is -2.54. The van der Waals surface area contributed by atoms with Crippen molar-refractivity contribution in [1.29, 1.82) is 0 Å². The van der Waals surface area contributed by atoms with Gasteiger partial charge in [0.1, 0.15) is 0 Å². The van der Waals surface area contributed by atoms with Crippen molar-refractivity contribution in [2.45, 2.75) is 6.92 Å². The molecule has 122 valence electrons. The van der Waals surface area contributed by atoms with E-state index in [4.69, 9.17) is 14.2 Å². The molecule has 6 nitrogen and oxygen atoms in total. The second-order valence-electron chi connectivity index (χ2n) is 4.59. The molecule has 2 aromatic rings. The van der Waals surface area contributed by atoms with E-state index in [2.05, 4.69) is 10.5 Å². The van der Waals surface area contributed by atoms with Gasteiger partial charge in [-0.05, 0) is 36.1 Å². The van der Waals surface area contributed by atoms with E-state index in [1.54, 1.807) is 26.4 Å². The fraction of sp³-hybridized carbons (Fsp3) is 0.250. The number of aryl methyl sites for hydroxylation is 1. The van der Waals surface area contributed by atoms with Crippen LogP contribution in [0.5, 0.6) is 17.2 Å². The molecule has 0 unspecified atom stereocenters. The van der Waals surface area contributed by atoms with Gasteiger partial charge in [-0.1, -0.05) is 0 Å². The van der Waals surface area contributed by atoms with Crippen molar-refractivity contribution in [3.8, 4) is 17.2 Å². The number of amides is 1.